The minimum atomic E-state index is 0.732. The molecule has 0 radical (unpaired) electrons. The van der Waals surface area contributed by atoms with Crippen LogP contribution in [0.4, 0.5) is 0 Å². The summed E-state index contributed by atoms with van der Waals surface area (Å²) in [5, 5.41) is 0. The zero-order valence-electron chi connectivity index (χ0n) is 11.4. The fourth-order valence-corrected chi connectivity index (χ4v) is 2.23. The van der Waals surface area contributed by atoms with Gasteiger partial charge in [0, 0.05) is 38.3 Å². The lowest BCUT2D eigenvalue weighted by atomic mass is 10.1. The van der Waals surface area contributed by atoms with Crippen LogP contribution in [0, 0.1) is 0 Å². The fourth-order valence-electron chi connectivity index (χ4n) is 2.23. The summed E-state index contributed by atoms with van der Waals surface area (Å²) in [6.07, 6.45) is 0. The lowest BCUT2D eigenvalue weighted by Crippen LogP contribution is -2.43. The molecule has 1 aromatic carbocycles. The molecule has 2 rings (SSSR count). The van der Waals surface area contributed by atoms with Gasteiger partial charge in [0.25, 0.3) is 0 Å². The molecule has 1 aromatic rings. The quantitative estimate of drug-likeness (QED) is 0.756. The Bertz CT molecular complexity index is 409. The average molecular weight is 246 g/mol. The minimum absolute atomic E-state index is 0.732. The molecule has 0 spiro atoms. The summed E-state index contributed by atoms with van der Waals surface area (Å²) in [7, 11) is 3.84. The van der Waals surface area contributed by atoms with Crippen LogP contribution in [-0.4, -0.2) is 50.1 Å². The van der Waals surface area contributed by atoms with Crippen molar-refractivity contribution in [3.8, 4) is 0 Å². The van der Waals surface area contributed by atoms with Crippen molar-refractivity contribution in [1.29, 1.82) is 0 Å². The third-order valence-electron chi connectivity index (χ3n) is 3.50. The molecule has 0 N–H and O–H groups in total. The van der Waals surface area contributed by atoms with Gasteiger partial charge in [0.15, 0.2) is 0 Å². The topological polar surface area (TPSA) is 15.7 Å². The second kappa shape index (κ2) is 6.03. The first-order chi connectivity index (χ1) is 8.69. The maximum absolute atomic E-state index is 5.18. The van der Waals surface area contributed by atoms with E-state index in [9.17, 15) is 0 Å². The summed E-state index contributed by atoms with van der Waals surface area (Å²) in [4.78, 5) is 4.87. The van der Waals surface area contributed by atoms with E-state index in [-0.39, 0.29) is 0 Å². The van der Waals surface area contributed by atoms with Crippen molar-refractivity contribution in [2.45, 2.75) is 6.54 Å². The molecule has 98 valence electrons. The minimum Gasteiger partial charge on any atom is -0.497 e. The van der Waals surface area contributed by atoms with Gasteiger partial charge in [-0.2, -0.15) is 0 Å². The largest absolute Gasteiger partial charge is 0.497 e. The van der Waals surface area contributed by atoms with Gasteiger partial charge in [-0.15, -0.1) is 0 Å². The predicted octanol–water partition coefficient (Wildman–Crippen LogP) is 2.05. The second-order valence-corrected chi connectivity index (χ2v) is 4.91. The van der Waals surface area contributed by atoms with E-state index in [1.165, 1.54) is 5.56 Å². The highest BCUT2D eigenvalue weighted by Gasteiger charge is 2.13. The standard InChI is InChI=1S/C15H22N2O/c1-13(18-3)15-6-4-5-14(11-15)12-17-9-7-16(2)8-10-17/h4-6,11H,1,7-10,12H2,2-3H3. The van der Waals surface area contributed by atoms with Gasteiger partial charge in [0.1, 0.15) is 5.76 Å². The van der Waals surface area contributed by atoms with E-state index < -0.39 is 0 Å². The highest BCUT2D eigenvalue weighted by molar-refractivity contribution is 5.57. The van der Waals surface area contributed by atoms with E-state index in [1.54, 1.807) is 7.11 Å². The molecule has 0 aliphatic carbocycles. The van der Waals surface area contributed by atoms with Crippen LogP contribution in [0.1, 0.15) is 11.1 Å². The molecule has 0 atom stereocenters. The van der Waals surface area contributed by atoms with Crippen LogP contribution in [-0.2, 0) is 11.3 Å². The number of likely N-dealkylation sites (N-methyl/N-ethyl adjacent to an activating group) is 1. The number of hydrogen-bond acceptors (Lipinski definition) is 3. The van der Waals surface area contributed by atoms with Gasteiger partial charge in [-0.25, -0.2) is 0 Å². The van der Waals surface area contributed by atoms with Gasteiger partial charge in [0.2, 0.25) is 0 Å². The molecule has 3 nitrogen and oxygen atoms in total. The molecule has 0 bridgehead atoms. The van der Waals surface area contributed by atoms with Crippen LogP contribution < -0.4 is 0 Å². The molecule has 1 heterocycles. The van der Waals surface area contributed by atoms with E-state index in [0.29, 0.717) is 0 Å². The summed E-state index contributed by atoms with van der Waals surface area (Å²) in [5.74, 6) is 0.732. The van der Waals surface area contributed by atoms with Crippen molar-refractivity contribution in [2.75, 3.05) is 40.3 Å². The van der Waals surface area contributed by atoms with Crippen LogP contribution in [0.25, 0.3) is 5.76 Å². The number of rotatable bonds is 4. The predicted molar refractivity (Wildman–Crippen MR) is 75.3 cm³/mol. The van der Waals surface area contributed by atoms with Crippen molar-refractivity contribution < 1.29 is 4.74 Å². The Kier molecular flexibility index (Phi) is 4.39. The molecule has 3 heteroatoms. The lowest BCUT2D eigenvalue weighted by molar-refractivity contribution is 0.148. The van der Waals surface area contributed by atoms with E-state index >= 15 is 0 Å². The van der Waals surface area contributed by atoms with Gasteiger partial charge in [-0.1, -0.05) is 24.8 Å². The van der Waals surface area contributed by atoms with Crippen molar-refractivity contribution in [3.05, 3.63) is 42.0 Å². The smallest absolute Gasteiger partial charge is 0.118 e. The monoisotopic (exact) mass is 246 g/mol. The third kappa shape index (κ3) is 3.34. The highest BCUT2D eigenvalue weighted by atomic mass is 16.5. The Labute approximate surface area is 110 Å². The molecule has 1 saturated heterocycles. The SMILES string of the molecule is C=C(OC)c1cccc(CN2CCN(C)CC2)c1. The van der Waals surface area contributed by atoms with E-state index in [2.05, 4.69) is 41.6 Å². The molecule has 0 amide bonds. The lowest BCUT2D eigenvalue weighted by Gasteiger charge is -2.32. The first kappa shape index (κ1) is 13.1. The highest BCUT2D eigenvalue weighted by Crippen LogP contribution is 2.16. The number of ether oxygens (including phenoxy) is 1. The normalized spacial score (nSPS) is 17.7. The maximum Gasteiger partial charge on any atom is 0.118 e. The summed E-state index contributed by atoms with van der Waals surface area (Å²) >= 11 is 0. The summed E-state index contributed by atoms with van der Waals surface area (Å²) in [6.45, 7) is 9.52. The van der Waals surface area contributed by atoms with Crippen LogP contribution >= 0.6 is 0 Å². The van der Waals surface area contributed by atoms with Gasteiger partial charge >= 0.3 is 0 Å². The first-order valence-corrected chi connectivity index (χ1v) is 6.42. The molecule has 18 heavy (non-hydrogen) atoms. The number of benzene rings is 1. The fraction of sp³-hybridized carbons (Fsp3) is 0.467. The third-order valence-corrected chi connectivity index (χ3v) is 3.50. The molecule has 0 saturated carbocycles. The van der Waals surface area contributed by atoms with Crippen LogP contribution in [0.15, 0.2) is 30.8 Å². The average Bonchev–Trinajstić information content (AvgIpc) is 2.41. The van der Waals surface area contributed by atoms with Crippen LogP contribution in [0.2, 0.25) is 0 Å². The van der Waals surface area contributed by atoms with Gasteiger partial charge in [-0.05, 0) is 18.7 Å². The number of methoxy groups -OCH3 is 1. The summed E-state index contributed by atoms with van der Waals surface area (Å²) in [6, 6.07) is 8.46. The Morgan fingerprint density at radius 3 is 2.67 bits per heavy atom. The van der Waals surface area contributed by atoms with Crippen LogP contribution in [0.5, 0.6) is 0 Å². The molecular weight excluding hydrogens is 224 g/mol. The Morgan fingerprint density at radius 2 is 2.00 bits per heavy atom. The van der Waals surface area contributed by atoms with Crippen molar-refractivity contribution >= 4 is 5.76 Å². The summed E-state index contributed by atoms with van der Waals surface area (Å²) < 4.78 is 5.18. The number of piperazine rings is 1. The molecule has 0 aromatic heterocycles. The van der Waals surface area contributed by atoms with Crippen molar-refractivity contribution in [3.63, 3.8) is 0 Å². The Morgan fingerprint density at radius 1 is 1.28 bits per heavy atom. The zero-order chi connectivity index (χ0) is 13.0. The van der Waals surface area contributed by atoms with E-state index in [0.717, 1.165) is 44.0 Å². The molecule has 1 aliphatic heterocycles. The van der Waals surface area contributed by atoms with Crippen molar-refractivity contribution in [2.24, 2.45) is 0 Å². The van der Waals surface area contributed by atoms with E-state index in [4.69, 9.17) is 4.74 Å². The van der Waals surface area contributed by atoms with Gasteiger partial charge in [0.05, 0.1) is 7.11 Å². The maximum atomic E-state index is 5.18. The Hall–Kier alpha value is -1.32. The molecular formula is C15H22N2O. The number of nitrogens with zero attached hydrogens (tertiary/aromatic N) is 2. The second-order valence-electron chi connectivity index (χ2n) is 4.91. The number of hydrogen-bond donors (Lipinski definition) is 0. The Balaban J connectivity index is 1.99. The van der Waals surface area contributed by atoms with Gasteiger partial charge < -0.3 is 9.64 Å². The molecule has 1 fully saturated rings. The van der Waals surface area contributed by atoms with Crippen molar-refractivity contribution in [1.82, 2.24) is 9.80 Å². The zero-order valence-corrected chi connectivity index (χ0v) is 11.4. The van der Waals surface area contributed by atoms with Gasteiger partial charge in [-0.3, -0.25) is 4.90 Å². The summed E-state index contributed by atoms with van der Waals surface area (Å²) in [5.41, 5.74) is 2.40. The van der Waals surface area contributed by atoms with Crippen LogP contribution in [0.3, 0.4) is 0 Å². The first-order valence-electron chi connectivity index (χ1n) is 6.42. The molecule has 0 unspecified atom stereocenters. The van der Waals surface area contributed by atoms with E-state index in [1.807, 2.05) is 6.07 Å². The molecule has 1 aliphatic rings.